The van der Waals surface area contributed by atoms with Gasteiger partial charge in [0, 0.05) is 41.9 Å². The molecule has 1 saturated heterocycles. The van der Waals surface area contributed by atoms with E-state index in [0.29, 0.717) is 18.1 Å². The topological polar surface area (TPSA) is 62.2 Å². The summed E-state index contributed by atoms with van der Waals surface area (Å²) in [5.74, 6) is -0.0412. The maximum atomic E-state index is 12.8. The zero-order valence-electron chi connectivity index (χ0n) is 22.0. The van der Waals surface area contributed by atoms with Gasteiger partial charge in [-0.15, -0.1) is 0 Å². The van der Waals surface area contributed by atoms with E-state index in [1.807, 2.05) is 54.7 Å². The largest absolute Gasteiger partial charge is 0.352 e. The molecular formula is C31H33N5OS. The van der Waals surface area contributed by atoms with E-state index in [4.69, 9.17) is 12.2 Å². The van der Waals surface area contributed by atoms with E-state index >= 15 is 0 Å². The van der Waals surface area contributed by atoms with Crippen molar-refractivity contribution >= 4 is 28.9 Å². The van der Waals surface area contributed by atoms with Crippen LogP contribution in [-0.2, 0) is 11.2 Å². The van der Waals surface area contributed by atoms with Gasteiger partial charge >= 0.3 is 0 Å². The summed E-state index contributed by atoms with van der Waals surface area (Å²) in [7, 11) is 0. The minimum atomic E-state index is -0.127. The Morgan fingerprint density at radius 3 is 2.45 bits per heavy atom. The first kappa shape index (κ1) is 25.7. The van der Waals surface area contributed by atoms with Gasteiger partial charge in [-0.25, -0.2) is 0 Å². The number of hydrogen-bond acceptors (Lipinski definition) is 3. The summed E-state index contributed by atoms with van der Waals surface area (Å²) in [4.78, 5) is 19.6. The number of thiocarbonyl (C=S) groups is 1. The third-order valence-electron chi connectivity index (χ3n) is 7.23. The van der Waals surface area contributed by atoms with Crippen LogP contribution in [0.1, 0.15) is 53.6 Å². The molecule has 1 aliphatic heterocycles. The fourth-order valence-electron chi connectivity index (χ4n) is 5.32. The Kier molecular flexibility index (Phi) is 7.56. The van der Waals surface area contributed by atoms with Crippen LogP contribution in [0, 0.1) is 13.8 Å². The second kappa shape index (κ2) is 11.2. The molecule has 0 bridgehead atoms. The van der Waals surface area contributed by atoms with Gasteiger partial charge < -0.3 is 20.1 Å². The summed E-state index contributed by atoms with van der Waals surface area (Å²) in [5.41, 5.74) is 7.66. The third-order valence-corrected chi connectivity index (χ3v) is 7.58. The lowest BCUT2D eigenvalue weighted by Crippen LogP contribution is -2.32. The number of amides is 1. The van der Waals surface area contributed by atoms with Crippen molar-refractivity contribution in [3.8, 4) is 5.69 Å². The van der Waals surface area contributed by atoms with E-state index in [-0.39, 0.29) is 18.0 Å². The number of hydrogen-bond donors (Lipinski definition) is 2. The Bertz CT molecular complexity index is 1420. The first-order valence-electron chi connectivity index (χ1n) is 13.1. The molecule has 7 heteroatoms. The molecule has 0 radical (unpaired) electrons. The molecule has 194 valence electrons. The van der Waals surface area contributed by atoms with E-state index in [9.17, 15) is 4.79 Å². The maximum Gasteiger partial charge on any atom is 0.226 e. The van der Waals surface area contributed by atoms with Gasteiger partial charge in [0.2, 0.25) is 5.91 Å². The van der Waals surface area contributed by atoms with Gasteiger partial charge in [0.15, 0.2) is 5.11 Å². The number of benzene rings is 2. The number of nitrogens with zero attached hydrogens (tertiary/aromatic N) is 3. The van der Waals surface area contributed by atoms with Crippen LogP contribution < -0.4 is 10.6 Å². The highest BCUT2D eigenvalue weighted by Crippen LogP contribution is 2.41. The summed E-state index contributed by atoms with van der Waals surface area (Å²) in [6.07, 6.45) is 3.14. The Morgan fingerprint density at radius 2 is 1.76 bits per heavy atom. The molecule has 1 amide bonds. The highest BCUT2D eigenvalue weighted by Gasteiger charge is 2.41. The van der Waals surface area contributed by atoms with Gasteiger partial charge in [-0.2, -0.15) is 0 Å². The second-order valence-corrected chi connectivity index (χ2v) is 10.1. The highest BCUT2D eigenvalue weighted by atomic mass is 32.1. The number of aryl methyl sites for hydroxylation is 2. The van der Waals surface area contributed by atoms with E-state index < -0.39 is 0 Å². The summed E-state index contributed by atoms with van der Waals surface area (Å²) in [6.45, 7) is 6.96. The molecule has 4 aromatic rings. The van der Waals surface area contributed by atoms with Crippen molar-refractivity contribution < 1.29 is 4.79 Å². The number of nitrogens with one attached hydrogen (secondary N) is 2. The van der Waals surface area contributed by atoms with Crippen LogP contribution in [0.4, 0.5) is 5.69 Å². The number of rotatable bonds is 8. The molecule has 2 aromatic carbocycles. The lowest BCUT2D eigenvalue weighted by Gasteiger charge is -2.28. The number of aromatic nitrogens is 2. The average Bonchev–Trinajstić information content (AvgIpc) is 3.42. The molecule has 6 nitrogen and oxygen atoms in total. The molecule has 1 fully saturated rings. The molecule has 2 atom stereocenters. The zero-order chi connectivity index (χ0) is 26.6. The van der Waals surface area contributed by atoms with E-state index in [1.54, 1.807) is 0 Å². The quantitative estimate of drug-likeness (QED) is 0.275. The number of carbonyl (C=O) groups excluding carboxylic acids is 1. The number of pyridine rings is 1. The Labute approximate surface area is 229 Å². The fourth-order valence-corrected chi connectivity index (χ4v) is 5.65. The van der Waals surface area contributed by atoms with Crippen LogP contribution in [-0.4, -0.2) is 32.0 Å². The Morgan fingerprint density at radius 1 is 1.03 bits per heavy atom. The van der Waals surface area contributed by atoms with Crippen molar-refractivity contribution in [1.82, 2.24) is 19.8 Å². The van der Waals surface area contributed by atoms with Crippen LogP contribution in [0.5, 0.6) is 0 Å². The molecule has 2 aromatic heterocycles. The minimum absolute atomic E-state index is 0.0412. The van der Waals surface area contributed by atoms with Gasteiger partial charge in [0.1, 0.15) is 0 Å². The first-order valence-corrected chi connectivity index (χ1v) is 13.5. The summed E-state index contributed by atoms with van der Waals surface area (Å²) in [6, 6.07) is 26.2. The van der Waals surface area contributed by atoms with Crippen molar-refractivity contribution in [1.29, 1.82) is 0 Å². The first-order chi connectivity index (χ1) is 18.5. The van der Waals surface area contributed by atoms with Crippen LogP contribution in [0.3, 0.4) is 0 Å². The molecular weight excluding hydrogens is 490 g/mol. The second-order valence-electron chi connectivity index (χ2n) is 9.67. The van der Waals surface area contributed by atoms with Gasteiger partial charge in [-0.3, -0.25) is 9.78 Å². The normalized spacial score (nSPS) is 16.9. The van der Waals surface area contributed by atoms with Crippen molar-refractivity contribution in [3.05, 3.63) is 113 Å². The van der Waals surface area contributed by atoms with Gasteiger partial charge in [-0.05, 0) is 86.1 Å². The van der Waals surface area contributed by atoms with Gasteiger partial charge in [-0.1, -0.05) is 43.3 Å². The molecule has 0 spiro atoms. The molecule has 38 heavy (non-hydrogen) atoms. The molecule has 0 aliphatic carbocycles. The summed E-state index contributed by atoms with van der Waals surface area (Å²) in [5, 5.41) is 7.13. The van der Waals surface area contributed by atoms with Crippen LogP contribution in [0.25, 0.3) is 5.69 Å². The predicted molar refractivity (Wildman–Crippen MR) is 156 cm³/mol. The molecule has 2 N–H and O–H groups in total. The smallest absolute Gasteiger partial charge is 0.226 e. The Balaban J connectivity index is 1.47. The highest BCUT2D eigenvalue weighted by molar-refractivity contribution is 7.80. The number of carbonyl (C=O) groups is 1. The molecule has 0 saturated carbocycles. The molecule has 3 heterocycles. The van der Waals surface area contributed by atoms with E-state index in [0.717, 1.165) is 34.9 Å². The predicted octanol–water partition coefficient (Wildman–Crippen LogP) is 6.05. The summed E-state index contributed by atoms with van der Waals surface area (Å²) >= 11 is 5.83. The van der Waals surface area contributed by atoms with Crippen molar-refractivity contribution in [3.63, 3.8) is 0 Å². The third kappa shape index (κ3) is 5.20. The minimum Gasteiger partial charge on any atom is -0.352 e. The van der Waals surface area contributed by atoms with Crippen LogP contribution in [0.15, 0.2) is 85.1 Å². The van der Waals surface area contributed by atoms with E-state index in [2.05, 4.69) is 76.2 Å². The fraction of sp³-hybridized carbons (Fsp3) is 0.258. The maximum absolute atomic E-state index is 12.8. The molecule has 5 rings (SSSR count). The standard InChI is InChI=1S/C31H33N5OS/c1-4-23-13-15-25(16-14-23)36-21(2)20-26(22(36)3)30-29(27-12-8-9-18-32-27)34-31(38)35(30)19-17-28(37)33-24-10-6-5-7-11-24/h5-16,18,20,29-30H,4,17,19H2,1-3H3,(H,33,37)(H,34,38)/t29-,30+/m0/s1. The SMILES string of the molecule is CCc1ccc(-n2c(C)cc([C@@H]3[C@H](c4ccccn4)NC(=S)N3CCC(=O)Nc3ccccc3)c2C)cc1. The van der Waals surface area contributed by atoms with Gasteiger partial charge in [0.05, 0.1) is 17.8 Å². The zero-order valence-corrected chi connectivity index (χ0v) is 22.8. The van der Waals surface area contributed by atoms with Crippen LogP contribution >= 0.6 is 12.2 Å². The van der Waals surface area contributed by atoms with Crippen molar-refractivity contribution in [2.45, 2.75) is 45.7 Å². The lowest BCUT2D eigenvalue weighted by molar-refractivity contribution is -0.116. The van der Waals surface area contributed by atoms with Crippen LogP contribution in [0.2, 0.25) is 0 Å². The number of anilines is 1. The monoisotopic (exact) mass is 523 g/mol. The molecule has 0 unspecified atom stereocenters. The number of para-hydroxylation sites is 1. The van der Waals surface area contributed by atoms with Gasteiger partial charge in [0.25, 0.3) is 0 Å². The molecule has 1 aliphatic rings. The Hall–Kier alpha value is -3.97. The average molecular weight is 524 g/mol. The van der Waals surface area contributed by atoms with Crippen molar-refractivity contribution in [2.24, 2.45) is 0 Å². The van der Waals surface area contributed by atoms with Crippen molar-refractivity contribution in [2.75, 3.05) is 11.9 Å². The summed E-state index contributed by atoms with van der Waals surface area (Å²) < 4.78 is 2.30. The lowest BCUT2D eigenvalue weighted by atomic mass is 9.96. The van der Waals surface area contributed by atoms with E-state index in [1.165, 1.54) is 11.1 Å².